The van der Waals surface area contributed by atoms with Crippen LogP contribution in [0.5, 0.6) is 0 Å². The van der Waals surface area contributed by atoms with Crippen LogP contribution in [0, 0.1) is 0 Å². The van der Waals surface area contributed by atoms with E-state index in [1.54, 1.807) is 13.8 Å². The summed E-state index contributed by atoms with van der Waals surface area (Å²) in [6, 6.07) is 0. The maximum atomic E-state index is 11.5. The van der Waals surface area contributed by atoms with Crippen LogP contribution in [0.25, 0.3) is 0 Å². The molecule has 15 heavy (non-hydrogen) atoms. The van der Waals surface area contributed by atoms with Crippen LogP contribution >= 0.6 is 0 Å². The van der Waals surface area contributed by atoms with Crippen molar-refractivity contribution in [2.45, 2.75) is 32.8 Å². The zero-order valence-corrected chi connectivity index (χ0v) is 9.85. The lowest BCUT2D eigenvalue weighted by atomic mass is 10.1. The molecule has 5 heteroatoms. The van der Waals surface area contributed by atoms with Gasteiger partial charge in [-0.05, 0) is 20.8 Å². The Kier molecular flexibility index (Phi) is 5.93. The lowest BCUT2D eigenvalue weighted by molar-refractivity contribution is -0.139. The fourth-order valence-electron chi connectivity index (χ4n) is 0.881. The van der Waals surface area contributed by atoms with Gasteiger partial charge in [0.15, 0.2) is 0 Å². The lowest BCUT2D eigenvalue weighted by Crippen LogP contribution is -2.44. The summed E-state index contributed by atoms with van der Waals surface area (Å²) >= 11 is 0. The van der Waals surface area contributed by atoms with Crippen LogP contribution in [0.2, 0.25) is 0 Å². The number of rotatable bonds is 6. The Morgan fingerprint density at radius 3 is 2.33 bits per heavy atom. The molecule has 0 atom stereocenters. The normalized spacial score (nSPS) is 10.9. The van der Waals surface area contributed by atoms with Gasteiger partial charge in [-0.25, -0.2) is 0 Å². The monoisotopic (exact) mass is 216 g/mol. The first-order chi connectivity index (χ1) is 6.94. The Balaban J connectivity index is 3.78. The van der Waals surface area contributed by atoms with Gasteiger partial charge in [-0.1, -0.05) is 0 Å². The summed E-state index contributed by atoms with van der Waals surface area (Å²) in [5.41, 5.74) is -0.846. The van der Waals surface area contributed by atoms with E-state index in [0.29, 0.717) is 19.5 Å². The van der Waals surface area contributed by atoms with Crippen molar-refractivity contribution in [1.82, 2.24) is 10.6 Å². The maximum Gasteiger partial charge on any atom is 0.251 e. The van der Waals surface area contributed by atoms with E-state index in [-0.39, 0.29) is 11.8 Å². The zero-order chi connectivity index (χ0) is 11.9. The Hall–Kier alpha value is -1.10. The molecule has 88 valence electrons. The molecule has 0 aliphatic carbocycles. The Labute approximate surface area is 90.6 Å². The zero-order valence-electron chi connectivity index (χ0n) is 9.85. The molecular weight excluding hydrogens is 196 g/mol. The average molecular weight is 216 g/mol. The number of ether oxygens (including phenoxy) is 1. The van der Waals surface area contributed by atoms with E-state index in [9.17, 15) is 9.59 Å². The molecule has 2 amide bonds. The number of carbonyl (C=O) groups excluding carboxylic acids is 2. The third-order valence-electron chi connectivity index (χ3n) is 2.07. The molecule has 0 aromatic heterocycles. The van der Waals surface area contributed by atoms with Crippen LogP contribution in [0.4, 0.5) is 0 Å². The lowest BCUT2D eigenvalue weighted by Gasteiger charge is -2.21. The number of amides is 2. The van der Waals surface area contributed by atoms with Crippen molar-refractivity contribution in [3.63, 3.8) is 0 Å². The molecule has 2 N–H and O–H groups in total. The molecule has 0 rings (SSSR count). The van der Waals surface area contributed by atoms with Crippen LogP contribution in [0.3, 0.4) is 0 Å². The van der Waals surface area contributed by atoms with Crippen molar-refractivity contribution in [1.29, 1.82) is 0 Å². The van der Waals surface area contributed by atoms with E-state index >= 15 is 0 Å². The summed E-state index contributed by atoms with van der Waals surface area (Å²) in [5.74, 6) is -0.276. The topological polar surface area (TPSA) is 67.4 Å². The van der Waals surface area contributed by atoms with Gasteiger partial charge in [0, 0.05) is 26.6 Å². The van der Waals surface area contributed by atoms with Crippen molar-refractivity contribution < 1.29 is 14.3 Å². The third kappa shape index (κ3) is 5.37. The molecule has 0 aromatic rings. The van der Waals surface area contributed by atoms with Crippen LogP contribution in [-0.4, -0.2) is 37.6 Å². The summed E-state index contributed by atoms with van der Waals surface area (Å²) in [5, 5.41) is 5.29. The van der Waals surface area contributed by atoms with E-state index in [2.05, 4.69) is 10.6 Å². The minimum atomic E-state index is -0.846. The van der Waals surface area contributed by atoms with Gasteiger partial charge in [-0.15, -0.1) is 0 Å². The Bertz CT molecular complexity index is 227. The van der Waals surface area contributed by atoms with E-state index < -0.39 is 5.60 Å². The molecule has 0 fully saturated rings. The maximum absolute atomic E-state index is 11.5. The number of hydrogen-bond donors (Lipinski definition) is 2. The molecule has 0 unspecified atom stereocenters. The van der Waals surface area contributed by atoms with Gasteiger partial charge < -0.3 is 15.4 Å². The average Bonchev–Trinajstić information content (AvgIpc) is 2.18. The van der Waals surface area contributed by atoms with Gasteiger partial charge in [-0.2, -0.15) is 0 Å². The smallest absolute Gasteiger partial charge is 0.251 e. The van der Waals surface area contributed by atoms with Gasteiger partial charge >= 0.3 is 0 Å². The minimum absolute atomic E-state index is 0.0620. The highest BCUT2D eigenvalue weighted by Crippen LogP contribution is 2.06. The fourth-order valence-corrected chi connectivity index (χ4v) is 0.881. The number of hydrogen-bond acceptors (Lipinski definition) is 3. The number of methoxy groups -OCH3 is 1. The van der Waals surface area contributed by atoms with Gasteiger partial charge in [-0.3, -0.25) is 9.59 Å². The highest BCUT2D eigenvalue weighted by atomic mass is 16.5. The second-order valence-electron chi connectivity index (χ2n) is 3.67. The predicted octanol–water partition coefficient (Wildman–Crippen LogP) is 0.0538. The van der Waals surface area contributed by atoms with Gasteiger partial charge in [0.1, 0.15) is 5.60 Å². The predicted molar refractivity (Wildman–Crippen MR) is 57.4 cm³/mol. The van der Waals surface area contributed by atoms with E-state index in [1.807, 2.05) is 6.92 Å². The molecule has 0 saturated carbocycles. The minimum Gasteiger partial charge on any atom is -0.369 e. The SMILES string of the molecule is CCNC(=O)CCNC(=O)C(C)(C)OC. The number of nitrogens with one attached hydrogen (secondary N) is 2. The van der Waals surface area contributed by atoms with Gasteiger partial charge in [0.05, 0.1) is 0 Å². The van der Waals surface area contributed by atoms with E-state index in [1.165, 1.54) is 7.11 Å². The summed E-state index contributed by atoms with van der Waals surface area (Å²) in [6.45, 7) is 6.14. The van der Waals surface area contributed by atoms with E-state index in [4.69, 9.17) is 4.74 Å². The van der Waals surface area contributed by atoms with Gasteiger partial charge in [0.2, 0.25) is 5.91 Å². The van der Waals surface area contributed by atoms with Crippen molar-refractivity contribution in [2.75, 3.05) is 20.2 Å². The summed E-state index contributed by atoms with van der Waals surface area (Å²) in [6.07, 6.45) is 0.291. The summed E-state index contributed by atoms with van der Waals surface area (Å²) in [7, 11) is 1.48. The molecule has 0 aliphatic rings. The van der Waals surface area contributed by atoms with Crippen LogP contribution in [-0.2, 0) is 14.3 Å². The fraction of sp³-hybridized carbons (Fsp3) is 0.800. The third-order valence-corrected chi connectivity index (χ3v) is 2.07. The molecule has 0 saturated heterocycles. The van der Waals surface area contributed by atoms with Crippen molar-refractivity contribution >= 4 is 11.8 Å². The summed E-state index contributed by atoms with van der Waals surface area (Å²) < 4.78 is 4.99. The molecule has 0 aliphatic heterocycles. The standard InChI is InChI=1S/C10H20N2O3/c1-5-11-8(13)6-7-12-9(14)10(2,3)15-4/h5-7H2,1-4H3,(H,11,13)(H,12,14). The first-order valence-corrected chi connectivity index (χ1v) is 5.04. The molecular formula is C10H20N2O3. The molecule has 0 bridgehead atoms. The quantitative estimate of drug-likeness (QED) is 0.659. The van der Waals surface area contributed by atoms with Crippen molar-refractivity contribution in [3.8, 4) is 0 Å². The second-order valence-corrected chi connectivity index (χ2v) is 3.67. The Morgan fingerprint density at radius 1 is 1.27 bits per heavy atom. The molecule has 0 aromatic carbocycles. The van der Waals surface area contributed by atoms with Crippen LogP contribution in [0.15, 0.2) is 0 Å². The van der Waals surface area contributed by atoms with Crippen molar-refractivity contribution in [2.24, 2.45) is 0 Å². The molecule has 0 radical (unpaired) electrons. The molecule has 5 nitrogen and oxygen atoms in total. The highest BCUT2D eigenvalue weighted by Gasteiger charge is 2.26. The largest absolute Gasteiger partial charge is 0.369 e. The first-order valence-electron chi connectivity index (χ1n) is 5.04. The first kappa shape index (κ1) is 13.9. The molecule has 0 spiro atoms. The van der Waals surface area contributed by atoms with Crippen LogP contribution < -0.4 is 10.6 Å². The number of carbonyl (C=O) groups is 2. The Morgan fingerprint density at radius 2 is 1.87 bits per heavy atom. The molecule has 0 heterocycles. The van der Waals surface area contributed by atoms with Crippen LogP contribution in [0.1, 0.15) is 27.2 Å². The summed E-state index contributed by atoms with van der Waals surface area (Å²) in [4.78, 5) is 22.5. The highest BCUT2D eigenvalue weighted by molar-refractivity contribution is 5.85. The van der Waals surface area contributed by atoms with Gasteiger partial charge in [0.25, 0.3) is 5.91 Å². The van der Waals surface area contributed by atoms with Crippen molar-refractivity contribution in [3.05, 3.63) is 0 Å². The second kappa shape index (κ2) is 6.40. The van der Waals surface area contributed by atoms with E-state index in [0.717, 1.165) is 0 Å².